The lowest BCUT2D eigenvalue weighted by Crippen LogP contribution is -2.18. The van der Waals surface area contributed by atoms with Gasteiger partial charge >= 0.3 is 6.18 Å². The monoisotopic (exact) mass is 230 g/mol. The Hall–Kier alpha value is -1.52. The molecule has 0 aliphatic carbocycles. The van der Waals surface area contributed by atoms with Crippen molar-refractivity contribution in [3.63, 3.8) is 0 Å². The highest BCUT2D eigenvalue weighted by Gasteiger charge is 2.34. The summed E-state index contributed by atoms with van der Waals surface area (Å²) in [5.74, 6) is 4.98. The molecule has 0 saturated heterocycles. The molecule has 0 unspecified atom stereocenters. The van der Waals surface area contributed by atoms with Gasteiger partial charge in [0.2, 0.25) is 0 Å². The van der Waals surface area contributed by atoms with Gasteiger partial charge in [-0.25, -0.2) is 0 Å². The van der Waals surface area contributed by atoms with E-state index in [1.165, 1.54) is 18.2 Å². The fourth-order valence-corrected chi connectivity index (χ4v) is 1.48. The lowest BCUT2D eigenvalue weighted by Gasteiger charge is -2.15. The molecule has 1 aromatic carbocycles. The van der Waals surface area contributed by atoms with Crippen LogP contribution in [0, 0.1) is 5.92 Å². The Kier molecular flexibility index (Phi) is 3.57. The molecule has 0 aliphatic heterocycles. The molecule has 0 atom stereocenters. The Morgan fingerprint density at radius 2 is 1.81 bits per heavy atom. The summed E-state index contributed by atoms with van der Waals surface area (Å²) in [6, 6.07) is 5.30. The van der Waals surface area contributed by atoms with E-state index in [-0.39, 0.29) is 17.2 Å². The SMILES string of the molecule is CC(C)C(=NN)c1ccccc1C(F)(F)F. The van der Waals surface area contributed by atoms with E-state index in [9.17, 15) is 13.2 Å². The molecule has 0 amide bonds. The van der Waals surface area contributed by atoms with Gasteiger partial charge in [-0.15, -0.1) is 0 Å². The molecule has 0 fully saturated rings. The number of hydrogen-bond acceptors (Lipinski definition) is 2. The number of alkyl halides is 3. The Labute approximate surface area is 92.0 Å². The lowest BCUT2D eigenvalue weighted by molar-refractivity contribution is -0.137. The van der Waals surface area contributed by atoms with E-state index >= 15 is 0 Å². The minimum Gasteiger partial charge on any atom is -0.323 e. The highest BCUT2D eigenvalue weighted by Crippen LogP contribution is 2.32. The second kappa shape index (κ2) is 4.55. The largest absolute Gasteiger partial charge is 0.417 e. The first-order valence-corrected chi connectivity index (χ1v) is 4.82. The van der Waals surface area contributed by atoms with E-state index in [4.69, 9.17) is 5.84 Å². The second-order valence-electron chi connectivity index (χ2n) is 3.71. The maximum Gasteiger partial charge on any atom is 0.417 e. The number of nitrogens with two attached hydrogens (primary N) is 1. The predicted octanol–water partition coefficient (Wildman–Crippen LogP) is 3.02. The van der Waals surface area contributed by atoms with Gasteiger partial charge < -0.3 is 5.84 Å². The van der Waals surface area contributed by atoms with Crippen molar-refractivity contribution in [3.05, 3.63) is 35.4 Å². The summed E-state index contributed by atoms with van der Waals surface area (Å²) >= 11 is 0. The molecule has 0 bridgehead atoms. The van der Waals surface area contributed by atoms with Crippen LogP contribution in [0.5, 0.6) is 0 Å². The van der Waals surface area contributed by atoms with Crippen LogP contribution in [0.2, 0.25) is 0 Å². The molecule has 5 heteroatoms. The summed E-state index contributed by atoms with van der Waals surface area (Å²) < 4.78 is 38.1. The van der Waals surface area contributed by atoms with Gasteiger partial charge in [0.05, 0.1) is 11.3 Å². The summed E-state index contributed by atoms with van der Waals surface area (Å²) in [4.78, 5) is 0. The van der Waals surface area contributed by atoms with E-state index in [0.717, 1.165) is 6.07 Å². The third-order valence-corrected chi connectivity index (χ3v) is 2.19. The molecule has 2 N–H and O–H groups in total. The first-order chi connectivity index (χ1) is 7.38. The Morgan fingerprint density at radius 1 is 1.25 bits per heavy atom. The summed E-state index contributed by atoms with van der Waals surface area (Å²) in [5, 5.41) is 3.45. The number of benzene rings is 1. The fourth-order valence-electron chi connectivity index (χ4n) is 1.48. The quantitative estimate of drug-likeness (QED) is 0.473. The minimum atomic E-state index is -4.39. The van der Waals surface area contributed by atoms with E-state index in [1.807, 2.05) is 0 Å². The van der Waals surface area contributed by atoms with Gasteiger partial charge in [0.25, 0.3) is 0 Å². The predicted molar refractivity (Wildman–Crippen MR) is 57.0 cm³/mol. The zero-order valence-corrected chi connectivity index (χ0v) is 9.05. The first-order valence-electron chi connectivity index (χ1n) is 4.82. The van der Waals surface area contributed by atoms with E-state index in [1.54, 1.807) is 13.8 Å². The number of hydrazone groups is 1. The molecule has 0 aromatic heterocycles. The van der Waals surface area contributed by atoms with Crippen LogP contribution < -0.4 is 5.84 Å². The van der Waals surface area contributed by atoms with Crippen molar-refractivity contribution in [3.8, 4) is 0 Å². The van der Waals surface area contributed by atoms with Gasteiger partial charge in [0, 0.05) is 5.56 Å². The zero-order valence-electron chi connectivity index (χ0n) is 9.05. The number of nitrogens with zero attached hydrogens (tertiary/aromatic N) is 1. The Morgan fingerprint density at radius 3 is 2.25 bits per heavy atom. The summed E-state index contributed by atoms with van der Waals surface area (Å²) in [6.07, 6.45) is -4.39. The number of hydrogen-bond donors (Lipinski definition) is 1. The van der Waals surface area contributed by atoms with Crippen molar-refractivity contribution in [1.29, 1.82) is 0 Å². The Balaban J connectivity index is 3.34. The molecule has 0 saturated carbocycles. The minimum absolute atomic E-state index is 0.0486. The molecular formula is C11H13F3N2. The normalized spacial score (nSPS) is 13.2. The van der Waals surface area contributed by atoms with Crippen molar-refractivity contribution in [2.45, 2.75) is 20.0 Å². The van der Waals surface area contributed by atoms with Gasteiger partial charge in [-0.2, -0.15) is 18.3 Å². The number of rotatable bonds is 2. The molecule has 2 nitrogen and oxygen atoms in total. The van der Waals surface area contributed by atoms with Crippen molar-refractivity contribution >= 4 is 5.71 Å². The van der Waals surface area contributed by atoms with Gasteiger partial charge in [-0.3, -0.25) is 0 Å². The van der Waals surface area contributed by atoms with Crippen LogP contribution >= 0.6 is 0 Å². The van der Waals surface area contributed by atoms with Crippen molar-refractivity contribution < 1.29 is 13.2 Å². The average molecular weight is 230 g/mol. The molecule has 16 heavy (non-hydrogen) atoms. The summed E-state index contributed by atoms with van der Waals surface area (Å²) in [7, 11) is 0. The molecule has 0 spiro atoms. The maximum absolute atomic E-state index is 12.7. The van der Waals surface area contributed by atoms with Crippen LogP contribution in [0.15, 0.2) is 29.4 Å². The van der Waals surface area contributed by atoms with Crippen LogP contribution in [0.25, 0.3) is 0 Å². The van der Waals surface area contributed by atoms with Gasteiger partial charge in [-0.1, -0.05) is 32.0 Å². The topological polar surface area (TPSA) is 38.4 Å². The molecule has 88 valence electrons. The highest BCUT2D eigenvalue weighted by atomic mass is 19.4. The third-order valence-electron chi connectivity index (χ3n) is 2.19. The first kappa shape index (κ1) is 12.5. The average Bonchev–Trinajstić information content (AvgIpc) is 2.17. The molecule has 1 rings (SSSR count). The van der Waals surface area contributed by atoms with Gasteiger partial charge in [0.15, 0.2) is 0 Å². The molecule has 0 aliphatic rings. The van der Waals surface area contributed by atoms with Crippen LogP contribution in [0.1, 0.15) is 25.0 Å². The second-order valence-corrected chi connectivity index (χ2v) is 3.71. The molecular weight excluding hydrogens is 217 g/mol. The molecule has 1 aromatic rings. The fraction of sp³-hybridized carbons (Fsp3) is 0.364. The molecule has 0 heterocycles. The van der Waals surface area contributed by atoms with E-state index < -0.39 is 11.7 Å². The maximum atomic E-state index is 12.7. The van der Waals surface area contributed by atoms with Crippen molar-refractivity contribution in [2.75, 3.05) is 0 Å². The lowest BCUT2D eigenvalue weighted by atomic mass is 9.95. The van der Waals surface area contributed by atoms with Crippen LogP contribution in [0.4, 0.5) is 13.2 Å². The zero-order chi connectivity index (χ0) is 12.3. The summed E-state index contributed by atoms with van der Waals surface area (Å²) in [6.45, 7) is 3.50. The third kappa shape index (κ3) is 2.53. The van der Waals surface area contributed by atoms with Crippen LogP contribution in [-0.4, -0.2) is 5.71 Å². The highest BCUT2D eigenvalue weighted by molar-refractivity contribution is 6.03. The van der Waals surface area contributed by atoms with Gasteiger partial charge in [0.1, 0.15) is 0 Å². The van der Waals surface area contributed by atoms with Crippen molar-refractivity contribution in [1.82, 2.24) is 0 Å². The van der Waals surface area contributed by atoms with Crippen LogP contribution in [0.3, 0.4) is 0 Å². The number of halogens is 3. The standard InChI is InChI=1S/C11H13F3N2/c1-7(2)10(16-15)8-5-3-4-6-9(8)11(12,13)14/h3-7H,15H2,1-2H3. The van der Waals surface area contributed by atoms with E-state index in [2.05, 4.69) is 5.10 Å². The summed E-state index contributed by atoms with van der Waals surface area (Å²) in [5.41, 5.74) is -0.395. The van der Waals surface area contributed by atoms with Crippen LogP contribution in [-0.2, 0) is 6.18 Å². The molecule has 0 radical (unpaired) electrons. The van der Waals surface area contributed by atoms with Gasteiger partial charge in [-0.05, 0) is 12.0 Å². The Bertz CT molecular complexity index is 394. The smallest absolute Gasteiger partial charge is 0.323 e. The van der Waals surface area contributed by atoms with Crippen molar-refractivity contribution in [2.24, 2.45) is 16.9 Å². The van der Waals surface area contributed by atoms with E-state index in [0.29, 0.717) is 0 Å².